The van der Waals surface area contributed by atoms with Crippen molar-refractivity contribution in [3.05, 3.63) is 35.8 Å². The number of fused-ring (bicyclic) bond motifs is 1. The van der Waals surface area contributed by atoms with Gasteiger partial charge in [0.15, 0.2) is 12.1 Å². The molecule has 1 saturated heterocycles. The van der Waals surface area contributed by atoms with Gasteiger partial charge in [0.1, 0.15) is 5.69 Å². The largest absolute Gasteiger partial charge is 0.478 e. The van der Waals surface area contributed by atoms with Gasteiger partial charge in [-0.3, -0.25) is 14.4 Å². The number of ether oxygens (including phenoxy) is 1. The molecule has 4 N–H and O–H groups in total. The smallest absolute Gasteiger partial charge is 0.256 e. The molecule has 1 atom stereocenters. The van der Waals surface area contributed by atoms with Crippen LogP contribution in [0.25, 0.3) is 16.6 Å². The van der Waals surface area contributed by atoms with E-state index in [-0.39, 0.29) is 5.91 Å². The molecule has 190 valence electrons. The van der Waals surface area contributed by atoms with Crippen molar-refractivity contribution >= 4 is 40.2 Å². The number of aliphatic imine (C=N–C) groups is 1. The molecule has 0 bridgehead atoms. The van der Waals surface area contributed by atoms with E-state index in [1.54, 1.807) is 18.0 Å². The highest BCUT2D eigenvalue weighted by molar-refractivity contribution is 6.05. The number of carbonyl (C=O) groups excluding carboxylic acids is 1. The number of H-pyrrole nitrogens is 1. The van der Waals surface area contributed by atoms with Gasteiger partial charge >= 0.3 is 0 Å². The number of nitrogens with zero attached hydrogens (tertiary/aromatic N) is 6. The molecule has 5 heterocycles. The zero-order valence-corrected chi connectivity index (χ0v) is 21.0. The van der Waals surface area contributed by atoms with E-state index >= 15 is 0 Å². The molecule has 12 nitrogen and oxygen atoms in total. The van der Waals surface area contributed by atoms with Crippen molar-refractivity contribution in [2.75, 3.05) is 57.5 Å². The van der Waals surface area contributed by atoms with Gasteiger partial charge in [-0.2, -0.15) is 0 Å². The van der Waals surface area contributed by atoms with Gasteiger partial charge in [-0.1, -0.05) is 0 Å². The molecule has 36 heavy (non-hydrogen) atoms. The van der Waals surface area contributed by atoms with Gasteiger partial charge in [0.2, 0.25) is 5.91 Å². The zero-order valence-electron chi connectivity index (χ0n) is 21.0. The standard InChI is InChI=1S/C24H32N10O2/c1-15-11-27-24(28-18-13-33(3)31-23(18)36-4)30-20(15)17-12-26-21-16(17)5-6-25-22(21)29-19(35)14-34-9-7-32(2)8-10-34/h5-6,11-13,24,26,28,30H,7-10,14H2,1-4H3,(H,25,29,35). The summed E-state index contributed by atoms with van der Waals surface area (Å²) in [5, 5.41) is 15.0. The Kier molecular flexibility index (Phi) is 6.61. The summed E-state index contributed by atoms with van der Waals surface area (Å²) in [5.74, 6) is 0.955. The Hall–Kier alpha value is -3.90. The van der Waals surface area contributed by atoms with E-state index in [0.717, 1.165) is 59.6 Å². The lowest BCUT2D eigenvalue weighted by Gasteiger charge is -2.31. The molecular formula is C24H32N10O2. The molecule has 3 aromatic heterocycles. The average Bonchev–Trinajstić information content (AvgIpc) is 3.45. The van der Waals surface area contributed by atoms with Crippen LogP contribution in [-0.2, 0) is 11.8 Å². The molecule has 0 radical (unpaired) electrons. The summed E-state index contributed by atoms with van der Waals surface area (Å²) in [6.07, 6.45) is 6.92. The van der Waals surface area contributed by atoms with Crippen LogP contribution >= 0.6 is 0 Å². The molecule has 0 spiro atoms. The second kappa shape index (κ2) is 9.99. The molecule has 2 aliphatic rings. The zero-order chi connectivity index (χ0) is 25.2. The minimum atomic E-state index is -0.406. The van der Waals surface area contributed by atoms with Gasteiger partial charge in [-0.15, -0.1) is 5.10 Å². The number of hydrogen-bond acceptors (Lipinski definition) is 9. The number of aromatic nitrogens is 4. The molecule has 12 heteroatoms. The Morgan fingerprint density at radius 2 is 2.06 bits per heavy atom. The Labute approximate surface area is 209 Å². The third-order valence-electron chi connectivity index (χ3n) is 6.47. The summed E-state index contributed by atoms with van der Waals surface area (Å²) in [5.41, 5.74) is 4.40. The second-order valence-corrected chi connectivity index (χ2v) is 9.17. The van der Waals surface area contributed by atoms with E-state index in [1.807, 2.05) is 38.6 Å². The van der Waals surface area contributed by atoms with Crippen LogP contribution in [0.2, 0.25) is 0 Å². The van der Waals surface area contributed by atoms with Gasteiger partial charge in [0.05, 0.1) is 31.1 Å². The van der Waals surface area contributed by atoms with Crippen molar-refractivity contribution in [3.8, 4) is 5.88 Å². The van der Waals surface area contributed by atoms with Crippen LogP contribution in [0.3, 0.4) is 0 Å². The maximum atomic E-state index is 12.8. The maximum Gasteiger partial charge on any atom is 0.256 e. The first-order valence-electron chi connectivity index (χ1n) is 11.9. The minimum absolute atomic E-state index is 0.0660. The molecule has 0 saturated carbocycles. The van der Waals surface area contributed by atoms with Crippen LogP contribution in [0.15, 0.2) is 35.2 Å². The highest BCUT2D eigenvalue weighted by Gasteiger charge is 2.22. The average molecular weight is 493 g/mol. The first kappa shape index (κ1) is 23.8. The van der Waals surface area contributed by atoms with Crippen molar-refractivity contribution in [3.63, 3.8) is 0 Å². The van der Waals surface area contributed by atoms with Crippen molar-refractivity contribution < 1.29 is 9.53 Å². The summed E-state index contributed by atoms with van der Waals surface area (Å²) in [4.78, 5) is 29.5. The molecule has 1 fully saturated rings. The quantitative estimate of drug-likeness (QED) is 0.389. The number of anilines is 2. The lowest BCUT2D eigenvalue weighted by atomic mass is 10.1. The number of carbonyl (C=O) groups is 1. The van der Waals surface area contributed by atoms with Crippen LogP contribution < -0.4 is 20.7 Å². The number of amides is 1. The normalized spacial score (nSPS) is 18.9. The molecule has 0 aliphatic carbocycles. The van der Waals surface area contributed by atoms with Crippen LogP contribution in [0.1, 0.15) is 12.5 Å². The molecule has 2 aliphatic heterocycles. The fraction of sp³-hybridized carbons (Fsp3) is 0.417. The highest BCUT2D eigenvalue weighted by Crippen LogP contribution is 2.30. The molecule has 1 amide bonds. The van der Waals surface area contributed by atoms with Gasteiger partial charge in [-0.25, -0.2) is 9.98 Å². The van der Waals surface area contributed by atoms with Gasteiger partial charge in [0.25, 0.3) is 5.88 Å². The number of rotatable bonds is 7. The summed E-state index contributed by atoms with van der Waals surface area (Å²) in [6, 6.07) is 1.94. The molecule has 1 unspecified atom stereocenters. The van der Waals surface area contributed by atoms with E-state index < -0.39 is 6.29 Å². The van der Waals surface area contributed by atoms with Gasteiger partial charge in [-0.05, 0) is 25.6 Å². The third kappa shape index (κ3) is 4.90. The summed E-state index contributed by atoms with van der Waals surface area (Å²) in [6.45, 7) is 6.06. The van der Waals surface area contributed by atoms with E-state index in [4.69, 9.17) is 4.74 Å². The van der Waals surface area contributed by atoms with Crippen molar-refractivity contribution in [2.24, 2.45) is 12.0 Å². The van der Waals surface area contributed by atoms with Crippen LogP contribution in [0, 0.1) is 0 Å². The first-order chi connectivity index (χ1) is 17.4. The van der Waals surface area contributed by atoms with Crippen molar-refractivity contribution in [2.45, 2.75) is 13.2 Å². The number of methoxy groups -OCH3 is 1. The number of likely N-dealkylation sites (N-methyl/N-ethyl adjacent to an activating group) is 1. The van der Waals surface area contributed by atoms with Crippen molar-refractivity contribution in [1.29, 1.82) is 0 Å². The number of piperazine rings is 1. The number of pyridine rings is 1. The maximum absolute atomic E-state index is 12.8. The molecule has 3 aromatic rings. The van der Waals surface area contributed by atoms with Crippen LogP contribution in [0.4, 0.5) is 11.5 Å². The van der Waals surface area contributed by atoms with Crippen molar-refractivity contribution in [1.82, 2.24) is 34.9 Å². The monoisotopic (exact) mass is 492 g/mol. The summed E-state index contributed by atoms with van der Waals surface area (Å²) < 4.78 is 7.03. The van der Waals surface area contributed by atoms with E-state index in [2.05, 4.69) is 52.9 Å². The van der Waals surface area contributed by atoms with E-state index in [0.29, 0.717) is 18.2 Å². The molecule has 5 rings (SSSR count). The molecular weight excluding hydrogens is 460 g/mol. The fourth-order valence-corrected chi connectivity index (χ4v) is 4.50. The molecule has 0 aromatic carbocycles. The summed E-state index contributed by atoms with van der Waals surface area (Å²) in [7, 11) is 5.52. The van der Waals surface area contributed by atoms with Crippen LogP contribution in [-0.4, -0.2) is 94.8 Å². The predicted molar refractivity (Wildman–Crippen MR) is 140 cm³/mol. The topological polar surface area (TPSA) is 128 Å². The Morgan fingerprint density at radius 3 is 2.83 bits per heavy atom. The first-order valence-corrected chi connectivity index (χ1v) is 11.9. The highest BCUT2D eigenvalue weighted by atomic mass is 16.5. The Bertz CT molecular complexity index is 1320. The number of aromatic amines is 1. The second-order valence-electron chi connectivity index (χ2n) is 9.17. The van der Waals surface area contributed by atoms with E-state index in [1.165, 1.54) is 0 Å². The van der Waals surface area contributed by atoms with Crippen LogP contribution in [0.5, 0.6) is 5.88 Å². The lowest BCUT2D eigenvalue weighted by Crippen LogP contribution is -2.47. The van der Waals surface area contributed by atoms with Gasteiger partial charge in [0, 0.05) is 62.8 Å². The van der Waals surface area contributed by atoms with E-state index in [9.17, 15) is 4.79 Å². The predicted octanol–water partition coefficient (Wildman–Crippen LogP) is 1.29. The third-order valence-corrected chi connectivity index (χ3v) is 6.47. The number of aryl methyl sites for hydroxylation is 1. The Balaban J connectivity index is 1.32. The van der Waals surface area contributed by atoms with Gasteiger partial charge < -0.3 is 30.6 Å². The minimum Gasteiger partial charge on any atom is -0.478 e. The summed E-state index contributed by atoms with van der Waals surface area (Å²) >= 11 is 0. The lowest BCUT2D eigenvalue weighted by molar-refractivity contribution is -0.117. The number of hydrogen-bond donors (Lipinski definition) is 4. The number of allylic oxidation sites excluding steroid dienone is 1. The Morgan fingerprint density at radius 1 is 1.25 bits per heavy atom. The number of nitrogens with one attached hydrogen (secondary N) is 4. The fourth-order valence-electron chi connectivity index (χ4n) is 4.50. The SMILES string of the molecule is COc1nn(C)cc1NC1N=CC(C)=C(c2c[nH]c3c(NC(=O)CN4CCN(C)CC4)nccc23)N1.